The minimum Gasteiger partial charge on any atom is -0.462 e. The molecule has 0 aliphatic heterocycles. The van der Waals surface area contributed by atoms with Crippen LogP contribution < -0.4 is 0 Å². The van der Waals surface area contributed by atoms with Crippen LogP contribution in [0.5, 0.6) is 0 Å². The first-order valence-corrected chi connectivity index (χ1v) is 41.7. The second kappa shape index (κ2) is 64.4. The molecular formula is C75H146O17P2. The fourth-order valence-electron chi connectivity index (χ4n) is 11.4. The molecule has 558 valence electrons. The maximum Gasteiger partial charge on any atom is 0.472 e. The average Bonchev–Trinajstić information content (AvgIpc) is 1.25. The number of aliphatic hydroxyl groups excluding tert-OH is 1. The van der Waals surface area contributed by atoms with Crippen molar-refractivity contribution < 1.29 is 80.2 Å². The van der Waals surface area contributed by atoms with Gasteiger partial charge in [-0.25, -0.2) is 9.13 Å². The fourth-order valence-corrected chi connectivity index (χ4v) is 13.0. The van der Waals surface area contributed by atoms with E-state index >= 15 is 0 Å². The summed E-state index contributed by atoms with van der Waals surface area (Å²) in [5, 5.41) is 10.6. The highest BCUT2D eigenvalue weighted by atomic mass is 31.2. The molecule has 3 N–H and O–H groups in total. The number of aliphatic hydroxyl groups is 1. The summed E-state index contributed by atoms with van der Waals surface area (Å²) in [5.41, 5.74) is 0. The molecule has 0 saturated heterocycles. The van der Waals surface area contributed by atoms with Crippen LogP contribution in [-0.2, 0) is 65.4 Å². The molecule has 0 aromatic rings. The van der Waals surface area contributed by atoms with Crippen LogP contribution in [0.4, 0.5) is 0 Å². The summed E-state index contributed by atoms with van der Waals surface area (Å²) in [7, 11) is -9.91. The Kier molecular flexibility index (Phi) is 63.1. The summed E-state index contributed by atoms with van der Waals surface area (Å²) in [6.07, 6.45) is 48.7. The van der Waals surface area contributed by atoms with Crippen molar-refractivity contribution in [2.75, 3.05) is 39.6 Å². The molecule has 0 fully saturated rings. The van der Waals surface area contributed by atoms with E-state index in [2.05, 4.69) is 55.4 Å². The van der Waals surface area contributed by atoms with Crippen molar-refractivity contribution in [1.82, 2.24) is 0 Å². The molecular weight excluding hydrogens is 1230 g/mol. The summed E-state index contributed by atoms with van der Waals surface area (Å²) in [6, 6.07) is 0. The van der Waals surface area contributed by atoms with Crippen LogP contribution >= 0.6 is 15.6 Å². The van der Waals surface area contributed by atoms with E-state index in [4.69, 9.17) is 37.0 Å². The SMILES string of the molecule is CC(C)CCCCCCCCCCCCCCCCC(=O)O[C@H](COC(=O)CCCCCCCCC(C)C)COP(=O)(O)OCC(O)COP(=O)(O)OC[C@@H](COC(=O)CCCCCCCCCCCCCCCC(C)C)OC(=O)CCCCCCCCCCCC(C)C. The minimum absolute atomic E-state index is 0.105. The van der Waals surface area contributed by atoms with Gasteiger partial charge in [0.15, 0.2) is 12.2 Å². The van der Waals surface area contributed by atoms with Crippen molar-refractivity contribution in [2.24, 2.45) is 23.7 Å². The minimum atomic E-state index is -4.96. The molecule has 0 aliphatic carbocycles. The molecule has 0 bridgehead atoms. The van der Waals surface area contributed by atoms with E-state index < -0.39 is 97.5 Å². The van der Waals surface area contributed by atoms with Gasteiger partial charge in [0.1, 0.15) is 19.3 Å². The number of phosphoric acid groups is 2. The van der Waals surface area contributed by atoms with Crippen LogP contribution in [-0.4, -0.2) is 96.7 Å². The van der Waals surface area contributed by atoms with Crippen LogP contribution in [0.15, 0.2) is 0 Å². The summed E-state index contributed by atoms with van der Waals surface area (Å²) >= 11 is 0. The van der Waals surface area contributed by atoms with Crippen LogP contribution in [0.25, 0.3) is 0 Å². The molecule has 94 heavy (non-hydrogen) atoms. The van der Waals surface area contributed by atoms with Crippen molar-refractivity contribution in [1.29, 1.82) is 0 Å². The predicted octanol–water partition coefficient (Wildman–Crippen LogP) is 21.7. The van der Waals surface area contributed by atoms with Crippen molar-refractivity contribution in [3.8, 4) is 0 Å². The lowest BCUT2D eigenvalue weighted by Crippen LogP contribution is -2.30. The Balaban J connectivity index is 5.21. The monoisotopic (exact) mass is 1380 g/mol. The van der Waals surface area contributed by atoms with Gasteiger partial charge in [-0.3, -0.25) is 37.3 Å². The van der Waals surface area contributed by atoms with Gasteiger partial charge >= 0.3 is 39.5 Å². The van der Waals surface area contributed by atoms with E-state index in [1.807, 2.05) is 0 Å². The second-order valence-electron chi connectivity index (χ2n) is 28.9. The third kappa shape index (κ3) is 68.6. The highest BCUT2D eigenvalue weighted by Crippen LogP contribution is 2.45. The molecule has 17 nitrogen and oxygen atoms in total. The standard InChI is InChI=1S/C75H146O17P2/c1-65(2)51-43-35-27-21-16-12-9-10-14-19-25-31-41-49-57-74(79)92-71(62-86-73(78)56-48-40-34-33-38-46-54-68(7)8)64-90-94(83,84)88-60-69(76)59-87-93(81,82)89-63-70(91-75(80)58-50-42-32-26-20-23-29-37-45-53-67(5)6)61-85-72(77)55-47-39-30-24-18-15-11-13-17-22-28-36-44-52-66(3)4/h65-71,76H,9-64H2,1-8H3,(H,81,82)(H,83,84)/t69?,70-,71-/m1/s1. The smallest absolute Gasteiger partial charge is 0.462 e. The van der Waals surface area contributed by atoms with Crippen LogP contribution in [0.1, 0.15) is 376 Å². The molecule has 0 heterocycles. The maximum absolute atomic E-state index is 13.1. The average molecular weight is 1380 g/mol. The maximum atomic E-state index is 13.1. The van der Waals surface area contributed by atoms with Gasteiger partial charge in [0.25, 0.3) is 0 Å². The van der Waals surface area contributed by atoms with E-state index in [-0.39, 0.29) is 25.7 Å². The van der Waals surface area contributed by atoms with Gasteiger partial charge in [-0.05, 0) is 49.4 Å². The third-order valence-electron chi connectivity index (χ3n) is 17.3. The largest absolute Gasteiger partial charge is 0.472 e. The zero-order chi connectivity index (χ0) is 69.6. The molecule has 0 spiro atoms. The Labute approximate surface area is 575 Å². The summed E-state index contributed by atoms with van der Waals surface area (Å²) in [5.74, 6) is 0.878. The number of carbonyl (C=O) groups excluding carboxylic acids is 4. The van der Waals surface area contributed by atoms with Gasteiger partial charge in [-0.2, -0.15) is 0 Å². The molecule has 19 heteroatoms. The molecule has 0 radical (unpaired) electrons. The lowest BCUT2D eigenvalue weighted by Gasteiger charge is -2.21. The highest BCUT2D eigenvalue weighted by molar-refractivity contribution is 7.47. The topological polar surface area (TPSA) is 237 Å². The van der Waals surface area contributed by atoms with Gasteiger partial charge in [-0.15, -0.1) is 0 Å². The summed E-state index contributed by atoms with van der Waals surface area (Å²) in [4.78, 5) is 72.7. The number of unbranched alkanes of at least 4 members (excludes halogenated alkanes) is 38. The molecule has 0 saturated carbocycles. The first-order valence-electron chi connectivity index (χ1n) is 38.7. The van der Waals surface area contributed by atoms with E-state index in [0.29, 0.717) is 31.6 Å². The Bertz CT molecular complexity index is 1850. The second-order valence-corrected chi connectivity index (χ2v) is 31.9. The zero-order valence-electron chi connectivity index (χ0n) is 61.6. The van der Waals surface area contributed by atoms with Crippen molar-refractivity contribution in [3.05, 3.63) is 0 Å². The van der Waals surface area contributed by atoms with Crippen LogP contribution in [0.2, 0.25) is 0 Å². The van der Waals surface area contributed by atoms with Crippen molar-refractivity contribution in [2.45, 2.75) is 395 Å². The number of rotatable bonds is 72. The number of phosphoric ester groups is 2. The van der Waals surface area contributed by atoms with Crippen molar-refractivity contribution >= 4 is 39.5 Å². The summed E-state index contributed by atoms with van der Waals surface area (Å²) < 4.78 is 68.5. The van der Waals surface area contributed by atoms with Crippen LogP contribution in [0, 0.1) is 23.7 Å². The molecule has 0 aliphatic rings. The van der Waals surface area contributed by atoms with Gasteiger partial charge in [-0.1, -0.05) is 325 Å². The number of ether oxygens (including phenoxy) is 4. The van der Waals surface area contributed by atoms with Gasteiger partial charge in [0, 0.05) is 25.7 Å². The Morgan fingerprint density at radius 3 is 0.660 bits per heavy atom. The summed E-state index contributed by atoms with van der Waals surface area (Å²) in [6.45, 7) is 14.1. The quantitative estimate of drug-likeness (QED) is 0.0222. The van der Waals surface area contributed by atoms with Gasteiger partial charge < -0.3 is 33.8 Å². The first kappa shape index (κ1) is 92.1. The molecule has 0 aromatic heterocycles. The number of hydrogen-bond donors (Lipinski definition) is 3. The van der Waals surface area contributed by atoms with Gasteiger partial charge in [0.05, 0.1) is 26.4 Å². The Morgan fingerprint density at radius 1 is 0.266 bits per heavy atom. The van der Waals surface area contributed by atoms with Crippen LogP contribution in [0.3, 0.4) is 0 Å². The van der Waals surface area contributed by atoms with E-state index in [1.165, 1.54) is 173 Å². The van der Waals surface area contributed by atoms with E-state index in [0.717, 1.165) is 114 Å². The molecule has 0 aromatic carbocycles. The van der Waals surface area contributed by atoms with E-state index in [1.54, 1.807) is 0 Å². The fraction of sp³-hybridized carbons (Fsp3) is 0.947. The Hall–Kier alpha value is -1.94. The lowest BCUT2D eigenvalue weighted by molar-refractivity contribution is -0.161. The highest BCUT2D eigenvalue weighted by Gasteiger charge is 2.30. The third-order valence-corrected chi connectivity index (χ3v) is 19.2. The Morgan fingerprint density at radius 2 is 0.447 bits per heavy atom. The predicted molar refractivity (Wildman–Crippen MR) is 381 cm³/mol. The number of carbonyl (C=O) groups is 4. The normalized spacial score (nSPS) is 14.2. The molecule has 5 atom stereocenters. The van der Waals surface area contributed by atoms with Crippen molar-refractivity contribution in [3.63, 3.8) is 0 Å². The lowest BCUT2D eigenvalue weighted by atomic mass is 10.0. The number of esters is 4. The number of hydrogen-bond acceptors (Lipinski definition) is 15. The zero-order valence-corrected chi connectivity index (χ0v) is 63.4. The first-order chi connectivity index (χ1) is 45.1. The van der Waals surface area contributed by atoms with Gasteiger partial charge in [0.2, 0.25) is 0 Å². The molecule has 3 unspecified atom stereocenters. The molecule has 0 rings (SSSR count). The van der Waals surface area contributed by atoms with E-state index in [9.17, 15) is 43.2 Å². The molecule has 0 amide bonds.